The lowest BCUT2D eigenvalue weighted by Crippen LogP contribution is -2.36. The number of likely N-dealkylation sites (N-methyl/N-ethyl adjacent to an activating group) is 3. The topological polar surface area (TPSA) is 120 Å². The Morgan fingerprint density at radius 1 is 0.827 bits per heavy atom. The van der Waals surface area contributed by atoms with Crippen molar-refractivity contribution in [3.63, 3.8) is 0 Å². The number of aryl methyl sites for hydroxylation is 2. The van der Waals surface area contributed by atoms with Crippen molar-refractivity contribution in [3.8, 4) is 11.5 Å². The first-order valence-electron chi connectivity index (χ1n) is 17.7. The van der Waals surface area contributed by atoms with Crippen LogP contribution in [0.4, 0.5) is 27.9 Å². The van der Waals surface area contributed by atoms with E-state index < -0.39 is 6.09 Å². The van der Waals surface area contributed by atoms with E-state index in [-0.39, 0.29) is 30.0 Å². The van der Waals surface area contributed by atoms with Gasteiger partial charge in [-0.15, -0.1) is 0 Å². The monoisotopic (exact) mass is 709 g/mol. The van der Waals surface area contributed by atoms with E-state index in [1.54, 1.807) is 58.3 Å². The summed E-state index contributed by atoms with van der Waals surface area (Å²) in [5.41, 5.74) is 3.93. The predicted octanol–water partition coefficient (Wildman–Crippen LogP) is 7.01. The van der Waals surface area contributed by atoms with Crippen molar-refractivity contribution in [1.82, 2.24) is 24.7 Å². The summed E-state index contributed by atoms with van der Waals surface area (Å²) in [6, 6.07) is 19.6. The Morgan fingerprint density at radius 3 is 2.12 bits per heavy atom. The number of para-hydroxylation sites is 1. The molecule has 0 unspecified atom stereocenters. The van der Waals surface area contributed by atoms with Crippen LogP contribution in [0.25, 0.3) is 0 Å². The molecule has 0 bridgehead atoms. The van der Waals surface area contributed by atoms with Crippen LogP contribution in [0.5, 0.6) is 11.5 Å². The Hall–Kier alpha value is -5.49. The first-order chi connectivity index (χ1) is 25.0. The minimum absolute atomic E-state index is 0.00248. The predicted molar refractivity (Wildman–Crippen MR) is 205 cm³/mol. The van der Waals surface area contributed by atoms with Gasteiger partial charge in [0.1, 0.15) is 17.3 Å². The third-order valence-electron chi connectivity index (χ3n) is 8.99. The van der Waals surface area contributed by atoms with Crippen LogP contribution in [0.1, 0.15) is 54.7 Å². The lowest BCUT2D eigenvalue weighted by atomic mass is 10.1. The molecule has 4 rings (SSSR count). The molecular formula is C40H51N7O5. The molecule has 0 saturated carbocycles. The molecule has 12 heteroatoms. The van der Waals surface area contributed by atoms with Gasteiger partial charge in [0.25, 0.3) is 5.91 Å². The summed E-state index contributed by atoms with van der Waals surface area (Å²) >= 11 is 0. The molecule has 0 spiro atoms. The molecule has 0 atom stereocenters. The van der Waals surface area contributed by atoms with E-state index in [1.165, 1.54) is 18.2 Å². The van der Waals surface area contributed by atoms with Crippen LogP contribution in [-0.4, -0.2) is 96.0 Å². The average molecular weight is 710 g/mol. The van der Waals surface area contributed by atoms with E-state index in [2.05, 4.69) is 29.0 Å². The Kier molecular flexibility index (Phi) is 14.1. The highest BCUT2D eigenvalue weighted by molar-refractivity contribution is 5.98. The molecular weight excluding hydrogens is 658 g/mol. The normalized spacial score (nSPS) is 10.9. The maximum absolute atomic E-state index is 14.1. The van der Waals surface area contributed by atoms with Crippen molar-refractivity contribution in [2.75, 3.05) is 63.6 Å². The number of nitrogens with one attached hydrogen (secondary N) is 1. The van der Waals surface area contributed by atoms with Gasteiger partial charge in [0.2, 0.25) is 11.9 Å². The largest absolute Gasteiger partial charge is 0.495 e. The van der Waals surface area contributed by atoms with E-state index in [4.69, 9.17) is 14.5 Å². The van der Waals surface area contributed by atoms with Crippen LogP contribution >= 0.6 is 0 Å². The standard InChI is InChI=1S/C40H51N7O5/c1-9-45(10-2)25-24-44(7)38(49)31-17-19-32(20-18-31)42-39-41-23-22-35(43-39)47(40(50)52-37-28(5)14-13-15-29(37)6)33-21-16-30(26-34(33)51-8)27-36(48)46(11-3)12-4/h13-23,26H,9-12,24-25,27H2,1-8H3,(H,41,42,43). The summed E-state index contributed by atoms with van der Waals surface area (Å²) in [5, 5.41) is 3.18. The van der Waals surface area contributed by atoms with Crippen molar-refractivity contribution in [2.45, 2.75) is 48.0 Å². The zero-order chi connectivity index (χ0) is 37.8. The zero-order valence-corrected chi connectivity index (χ0v) is 31.6. The summed E-state index contributed by atoms with van der Waals surface area (Å²) in [6.45, 7) is 16.4. The summed E-state index contributed by atoms with van der Waals surface area (Å²) < 4.78 is 11.8. The number of anilines is 4. The fourth-order valence-corrected chi connectivity index (χ4v) is 5.80. The Bertz CT molecular complexity index is 1800. The number of carbonyl (C=O) groups is 3. The van der Waals surface area contributed by atoms with E-state index in [0.29, 0.717) is 48.1 Å². The van der Waals surface area contributed by atoms with E-state index in [1.807, 2.05) is 52.9 Å². The second-order valence-corrected chi connectivity index (χ2v) is 12.4. The number of hydrogen-bond donors (Lipinski definition) is 1. The molecule has 52 heavy (non-hydrogen) atoms. The van der Waals surface area contributed by atoms with Gasteiger partial charge in [0.15, 0.2) is 0 Å². The van der Waals surface area contributed by atoms with Gasteiger partial charge in [-0.05, 0) is 93.9 Å². The van der Waals surface area contributed by atoms with Gasteiger partial charge in [0.05, 0.1) is 19.2 Å². The molecule has 0 aliphatic heterocycles. The molecule has 0 fully saturated rings. The molecule has 0 saturated heterocycles. The number of nitrogens with zero attached hydrogens (tertiary/aromatic N) is 6. The van der Waals surface area contributed by atoms with Gasteiger partial charge < -0.3 is 29.5 Å². The fourth-order valence-electron chi connectivity index (χ4n) is 5.80. The smallest absolute Gasteiger partial charge is 0.425 e. The summed E-state index contributed by atoms with van der Waals surface area (Å²) in [6.07, 6.45) is 1.01. The second kappa shape index (κ2) is 18.7. The van der Waals surface area contributed by atoms with Gasteiger partial charge in [-0.25, -0.2) is 14.7 Å². The number of rotatable bonds is 16. The lowest BCUT2D eigenvalue weighted by Gasteiger charge is -2.25. The lowest BCUT2D eigenvalue weighted by molar-refractivity contribution is -0.130. The quantitative estimate of drug-likeness (QED) is 0.131. The van der Waals surface area contributed by atoms with Gasteiger partial charge in [-0.2, -0.15) is 4.98 Å². The van der Waals surface area contributed by atoms with Crippen LogP contribution in [0.15, 0.2) is 72.9 Å². The fraction of sp³-hybridized carbons (Fsp3) is 0.375. The molecule has 3 amide bonds. The van der Waals surface area contributed by atoms with Crippen molar-refractivity contribution in [1.29, 1.82) is 0 Å². The van der Waals surface area contributed by atoms with Crippen molar-refractivity contribution < 1.29 is 23.9 Å². The molecule has 1 heterocycles. The molecule has 0 radical (unpaired) electrons. The SMILES string of the molecule is CCN(CC)CCN(C)C(=O)c1ccc(Nc2nccc(N(C(=O)Oc3c(C)cccc3C)c3ccc(CC(=O)N(CC)CC)cc3OC)n2)cc1. The number of ether oxygens (including phenoxy) is 2. The van der Waals surface area contributed by atoms with Gasteiger partial charge in [-0.1, -0.05) is 38.1 Å². The van der Waals surface area contributed by atoms with Crippen molar-refractivity contribution >= 4 is 41.0 Å². The maximum Gasteiger partial charge on any atom is 0.425 e. The van der Waals surface area contributed by atoms with Crippen molar-refractivity contribution in [2.24, 2.45) is 0 Å². The molecule has 3 aromatic carbocycles. The molecule has 0 aliphatic rings. The highest BCUT2D eigenvalue weighted by Crippen LogP contribution is 2.36. The first kappa shape index (κ1) is 39.3. The van der Waals surface area contributed by atoms with Crippen LogP contribution in [0.2, 0.25) is 0 Å². The molecule has 1 aromatic heterocycles. The molecule has 276 valence electrons. The molecule has 1 N–H and O–H groups in total. The van der Waals surface area contributed by atoms with Crippen LogP contribution < -0.4 is 19.7 Å². The van der Waals surface area contributed by atoms with Crippen LogP contribution in [-0.2, 0) is 11.2 Å². The van der Waals surface area contributed by atoms with Crippen LogP contribution in [0.3, 0.4) is 0 Å². The highest BCUT2D eigenvalue weighted by Gasteiger charge is 2.27. The van der Waals surface area contributed by atoms with Gasteiger partial charge >= 0.3 is 6.09 Å². The van der Waals surface area contributed by atoms with Gasteiger partial charge in [0, 0.05) is 56.7 Å². The number of hydrogen-bond acceptors (Lipinski definition) is 9. The number of aromatic nitrogens is 2. The van der Waals surface area contributed by atoms with Gasteiger partial charge in [-0.3, -0.25) is 9.59 Å². The minimum atomic E-state index is -0.708. The summed E-state index contributed by atoms with van der Waals surface area (Å²) in [5.74, 6) is 1.18. The minimum Gasteiger partial charge on any atom is -0.495 e. The number of methoxy groups -OCH3 is 1. The number of amides is 3. The van der Waals surface area contributed by atoms with Crippen LogP contribution in [0, 0.1) is 13.8 Å². The molecule has 12 nitrogen and oxygen atoms in total. The summed E-state index contributed by atoms with van der Waals surface area (Å²) in [7, 11) is 3.32. The Labute approximate surface area is 307 Å². The van der Waals surface area contributed by atoms with E-state index in [9.17, 15) is 14.4 Å². The number of benzene rings is 3. The van der Waals surface area contributed by atoms with Crippen molar-refractivity contribution in [3.05, 3.63) is 95.2 Å². The number of carbonyl (C=O) groups excluding carboxylic acids is 3. The average Bonchev–Trinajstić information content (AvgIpc) is 3.14. The second-order valence-electron chi connectivity index (χ2n) is 12.4. The first-order valence-corrected chi connectivity index (χ1v) is 17.7. The molecule has 4 aromatic rings. The Morgan fingerprint density at radius 2 is 1.50 bits per heavy atom. The van der Waals surface area contributed by atoms with E-state index in [0.717, 1.165) is 36.3 Å². The highest BCUT2D eigenvalue weighted by atomic mass is 16.6. The summed E-state index contributed by atoms with van der Waals surface area (Å²) in [4.78, 5) is 56.3. The third-order valence-corrected chi connectivity index (χ3v) is 8.99. The van der Waals surface area contributed by atoms with E-state index >= 15 is 0 Å². The Balaban J connectivity index is 1.63. The maximum atomic E-state index is 14.1. The molecule has 0 aliphatic carbocycles. The zero-order valence-electron chi connectivity index (χ0n) is 31.6. The third kappa shape index (κ3) is 9.85.